The van der Waals surface area contributed by atoms with Gasteiger partial charge in [0, 0.05) is 29.1 Å². The second kappa shape index (κ2) is 11.3. The van der Waals surface area contributed by atoms with Crippen LogP contribution in [0.5, 0.6) is 11.5 Å². The predicted octanol–water partition coefficient (Wildman–Crippen LogP) is 6.78. The number of anilines is 2. The first-order valence-corrected chi connectivity index (χ1v) is 14.2. The molecule has 0 radical (unpaired) electrons. The number of benzene rings is 3. The molecule has 1 aromatic heterocycles. The first-order chi connectivity index (χ1) is 20.0. The van der Waals surface area contributed by atoms with Crippen molar-refractivity contribution in [1.29, 1.82) is 0 Å². The van der Waals surface area contributed by atoms with Gasteiger partial charge in [-0.3, -0.25) is 4.79 Å². The van der Waals surface area contributed by atoms with E-state index in [1.54, 1.807) is 48.3 Å². The number of rotatable bonds is 7. The zero-order chi connectivity index (χ0) is 30.2. The molecule has 0 saturated heterocycles. The summed E-state index contributed by atoms with van der Waals surface area (Å²) >= 11 is 1.36. The van der Waals surface area contributed by atoms with Gasteiger partial charge in [0.15, 0.2) is 0 Å². The molecule has 0 spiro atoms. The van der Waals surface area contributed by atoms with E-state index in [2.05, 4.69) is 5.32 Å². The Labute approximate surface area is 248 Å². The van der Waals surface area contributed by atoms with Crippen molar-refractivity contribution in [2.45, 2.75) is 39.8 Å². The number of likely N-dealkylation sites (N-methyl/N-ethyl adjacent to an activating group) is 1. The molecule has 8 nitrogen and oxygen atoms in total. The van der Waals surface area contributed by atoms with Gasteiger partial charge in [-0.1, -0.05) is 24.3 Å². The van der Waals surface area contributed by atoms with E-state index in [0.717, 1.165) is 16.1 Å². The van der Waals surface area contributed by atoms with Crippen LogP contribution >= 0.6 is 11.3 Å². The molecule has 0 bridgehead atoms. The van der Waals surface area contributed by atoms with Gasteiger partial charge in [0.05, 0.1) is 24.0 Å². The van der Waals surface area contributed by atoms with E-state index < -0.39 is 17.5 Å². The fraction of sp³-hybridized carbons (Fsp3) is 0.242. The van der Waals surface area contributed by atoms with Crippen LogP contribution in [0.1, 0.15) is 49.9 Å². The molecule has 2 heterocycles. The van der Waals surface area contributed by atoms with Crippen LogP contribution in [0.3, 0.4) is 0 Å². The third-order valence-electron chi connectivity index (χ3n) is 7.23. The van der Waals surface area contributed by atoms with Crippen molar-refractivity contribution in [1.82, 2.24) is 0 Å². The molecule has 3 aromatic carbocycles. The fourth-order valence-electron chi connectivity index (χ4n) is 5.10. The number of methoxy groups -OCH3 is 1. The van der Waals surface area contributed by atoms with Gasteiger partial charge in [0.1, 0.15) is 28.5 Å². The number of nitrogens with zero attached hydrogens (tertiary/aromatic N) is 1. The summed E-state index contributed by atoms with van der Waals surface area (Å²) in [5, 5.41) is 3.32. The molecule has 5 rings (SSSR count). The molecule has 9 heteroatoms. The summed E-state index contributed by atoms with van der Waals surface area (Å²) in [5.74, 6) is -0.274. The maximum absolute atomic E-state index is 13.3. The van der Waals surface area contributed by atoms with E-state index >= 15 is 0 Å². The number of carbonyl (C=O) groups is 3. The van der Waals surface area contributed by atoms with Crippen molar-refractivity contribution in [2.24, 2.45) is 0 Å². The summed E-state index contributed by atoms with van der Waals surface area (Å²) in [5.41, 5.74) is 3.85. The lowest BCUT2D eigenvalue weighted by atomic mass is 9.91. The Hall–Kier alpha value is -4.63. The van der Waals surface area contributed by atoms with Crippen LogP contribution in [-0.4, -0.2) is 37.5 Å². The molecular weight excluding hydrogens is 552 g/mol. The number of fused-ring (bicyclic) bond motifs is 1. The Morgan fingerprint density at radius 3 is 2.38 bits per heavy atom. The standard InChI is InChI=1S/C33H32N2O6S/c1-19-9-7-8-10-22(19)30(36)41-21-12-13-24(27(17-21)39-6)23-14-15-26-29(35(5)32(38)33(3,4)34-26)25(23)18-40-31(37)28-16-11-20(2)42-28/h7-17,34H,18H2,1-6H3. The predicted molar refractivity (Wildman–Crippen MR) is 164 cm³/mol. The van der Waals surface area contributed by atoms with Crippen molar-refractivity contribution in [3.63, 3.8) is 0 Å². The average molecular weight is 585 g/mol. The molecule has 216 valence electrons. The minimum Gasteiger partial charge on any atom is -0.496 e. The normalized spacial score (nSPS) is 13.7. The zero-order valence-electron chi connectivity index (χ0n) is 24.4. The van der Waals surface area contributed by atoms with E-state index in [-0.39, 0.29) is 12.5 Å². The molecule has 1 N–H and O–H groups in total. The van der Waals surface area contributed by atoms with Crippen molar-refractivity contribution >= 4 is 40.6 Å². The van der Waals surface area contributed by atoms with Gasteiger partial charge in [-0.05, 0) is 75.2 Å². The SMILES string of the molecule is COc1cc(OC(=O)c2ccccc2C)ccc1-c1ccc2c(c1COC(=O)c1ccc(C)s1)N(C)C(=O)C(C)(C)N2. The first kappa shape index (κ1) is 28.9. The minimum absolute atomic E-state index is 0.0822. The highest BCUT2D eigenvalue weighted by Gasteiger charge is 2.39. The Kier molecular flexibility index (Phi) is 7.79. The van der Waals surface area contributed by atoms with Crippen LogP contribution in [0.15, 0.2) is 66.7 Å². The van der Waals surface area contributed by atoms with Crippen molar-refractivity contribution in [3.05, 3.63) is 93.2 Å². The van der Waals surface area contributed by atoms with Crippen molar-refractivity contribution in [2.75, 3.05) is 24.4 Å². The topological polar surface area (TPSA) is 94.2 Å². The van der Waals surface area contributed by atoms with E-state index in [0.29, 0.717) is 44.3 Å². The number of amides is 1. The van der Waals surface area contributed by atoms with E-state index in [9.17, 15) is 14.4 Å². The Morgan fingerprint density at radius 1 is 0.952 bits per heavy atom. The number of hydrogen-bond donors (Lipinski definition) is 1. The fourth-order valence-corrected chi connectivity index (χ4v) is 5.87. The third-order valence-corrected chi connectivity index (χ3v) is 8.21. The van der Waals surface area contributed by atoms with Crippen LogP contribution in [0.4, 0.5) is 11.4 Å². The molecule has 1 amide bonds. The first-order valence-electron chi connectivity index (χ1n) is 13.4. The van der Waals surface area contributed by atoms with Crippen molar-refractivity contribution in [3.8, 4) is 22.6 Å². The number of carbonyl (C=O) groups excluding carboxylic acids is 3. The van der Waals surface area contributed by atoms with Crippen LogP contribution in [-0.2, 0) is 16.1 Å². The lowest BCUT2D eigenvalue weighted by molar-refractivity contribution is -0.121. The van der Waals surface area contributed by atoms with Gasteiger partial charge >= 0.3 is 11.9 Å². The summed E-state index contributed by atoms with van der Waals surface area (Å²) in [6, 6.07) is 19.7. The van der Waals surface area contributed by atoms with Gasteiger partial charge in [-0.2, -0.15) is 0 Å². The highest BCUT2D eigenvalue weighted by atomic mass is 32.1. The lowest BCUT2D eigenvalue weighted by Gasteiger charge is -2.39. The zero-order valence-corrected chi connectivity index (χ0v) is 25.2. The van der Waals surface area contributed by atoms with Crippen LogP contribution < -0.4 is 19.7 Å². The van der Waals surface area contributed by atoms with E-state index in [4.69, 9.17) is 14.2 Å². The summed E-state index contributed by atoms with van der Waals surface area (Å²) < 4.78 is 17.2. The lowest BCUT2D eigenvalue weighted by Crippen LogP contribution is -2.52. The van der Waals surface area contributed by atoms with Gasteiger partial charge in [0.2, 0.25) is 0 Å². The molecule has 42 heavy (non-hydrogen) atoms. The van der Waals surface area contributed by atoms with Gasteiger partial charge < -0.3 is 24.4 Å². The molecule has 0 unspecified atom stereocenters. The summed E-state index contributed by atoms with van der Waals surface area (Å²) in [6.45, 7) is 7.33. The summed E-state index contributed by atoms with van der Waals surface area (Å²) in [7, 11) is 3.25. The second-order valence-corrected chi connectivity index (χ2v) is 11.9. The highest BCUT2D eigenvalue weighted by molar-refractivity contribution is 7.13. The molecule has 0 saturated carbocycles. The summed E-state index contributed by atoms with van der Waals surface area (Å²) in [4.78, 5) is 42.1. The van der Waals surface area contributed by atoms with Crippen LogP contribution in [0.25, 0.3) is 11.1 Å². The maximum atomic E-state index is 13.3. The van der Waals surface area contributed by atoms with Crippen molar-refractivity contribution < 1.29 is 28.6 Å². The largest absolute Gasteiger partial charge is 0.496 e. The molecule has 1 aliphatic heterocycles. The quantitative estimate of drug-likeness (QED) is 0.189. The number of aryl methyl sites for hydroxylation is 2. The number of nitrogens with one attached hydrogen (secondary N) is 1. The average Bonchev–Trinajstić information content (AvgIpc) is 3.40. The Balaban J connectivity index is 1.55. The van der Waals surface area contributed by atoms with Crippen LogP contribution in [0.2, 0.25) is 0 Å². The van der Waals surface area contributed by atoms with Gasteiger partial charge in [-0.25, -0.2) is 9.59 Å². The summed E-state index contributed by atoms with van der Waals surface area (Å²) in [6.07, 6.45) is 0. The smallest absolute Gasteiger partial charge is 0.348 e. The molecule has 0 fully saturated rings. The molecule has 4 aromatic rings. The second-order valence-electron chi connectivity index (χ2n) is 10.7. The van der Waals surface area contributed by atoms with E-state index in [1.165, 1.54) is 18.4 Å². The maximum Gasteiger partial charge on any atom is 0.348 e. The van der Waals surface area contributed by atoms with E-state index in [1.807, 2.05) is 58.0 Å². The Morgan fingerprint density at radius 2 is 1.69 bits per heavy atom. The van der Waals surface area contributed by atoms with Gasteiger partial charge in [0.25, 0.3) is 5.91 Å². The molecule has 0 atom stereocenters. The minimum atomic E-state index is -0.813. The molecular formula is C33H32N2O6S. The monoisotopic (exact) mass is 584 g/mol. The number of ether oxygens (including phenoxy) is 3. The molecule has 1 aliphatic rings. The number of thiophene rings is 1. The Bertz CT molecular complexity index is 1710. The highest BCUT2D eigenvalue weighted by Crippen LogP contribution is 2.45. The van der Waals surface area contributed by atoms with Crippen LogP contribution in [0, 0.1) is 13.8 Å². The third kappa shape index (κ3) is 5.47. The van der Waals surface area contributed by atoms with Gasteiger partial charge in [-0.15, -0.1) is 11.3 Å². The molecule has 0 aliphatic carbocycles. The number of hydrogen-bond acceptors (Lipinski definition) is 8. The number of esters is 2.